The molecule has 0 N–H and O–H groups in total. The fourth-order valence-corrected chi connectivity index (χ4v) is 9.16. The van der Waals surface area contributed by atoms with Crippen LogP contribution in [0.1, 0.15) is 0 Å². The van der Waals surface area contributed by atoms with Gasteiger partial charge in [-0.2, -0.15) is 0 Å². The highest BCUT2D eigenvalue weighted by molar-refractivity contribution is 6.25. The third kappa shape index (κ3) is 5.80. The lowest BCUT2D eigenvalue weighted by atomic mass is 9.90. The number of pyridine rings is 1. The van der Waals surface area contributed by atoms with Crippen molar-refractivity contribution in [1.29, 1.82) is 0 Å². The molecule has 12 rings (SSSR count). The lowest BCUT2D eigenvalue weighted by Gasteiger charge is -2.18. The molecule has 4 nitrogen and oxygen atoms in total. The van der Waals surface area contributed by atoms with Gasteiger partial charge in [-0.25, -0.2) is 15.0 Å². The van der Waals surface area contributed by atoms with Crippen LogP contribution in [0.2, 0.25) is 0 Å². The van der Waals surface area contributed by atoms with E-state index in [2.05, 4.69) is 211 Å². The summed E-state index contributed by atoms with van der Waals surface area (Å²) in [4.78, 5) is 16.7. The Hall–Kier alpha value is -8.21. The van der Waals surface area contributed by atoms with Gasteiger partial charge in [0.25, 0.3) is 0 Å². The molecule has 0 amide bonds. The van der Waals surface area contributed by atoms with Gasteiger partial charge in [0, 0.05) is 49.3 Å². The minimum absolute atomic E-state index is 0.819. The maximum absolute atomic E-state index is 5.63. The summed E-state index contributed by atoms with van der Waals surface area (Å²) in [5.41, 5.74) is 16.2. The SMILES string of the molecule is c1ccc(-c2nc3cc(-c4ccccc4)c4c5ccccc5nc(-c5cccc(-c6ccc(-n7c8ccccc8c8ccccc87)cc6)c5)c4c3nc2-c2ccccc2)cc1. The van der Waals surface area contributed by atoms with Crippen molar-refractivity contribution in [2.24, 2.45) is 0 Å². The number of hydrogen-bond donors (Lipinski definition) is 0. The summed E-state index contributed by atoms with van der Waals surface area (Å²) < 4.78 is 2.36. The van der Waals surface area contributed by atoms with E-state index in [9.17, 15) is 0 Å². The summed E-state index contributed by atoms with van der Waals surface area (Å²) >= 11 is 0. The molecular weight excluding hydrogens is 741 g/mol. The number of aromatic nitrogens is 4. The van der Waals surface area contributed by atoms with E-state index in [1.54, 1.807) is 0 Å². The smallest absolute Gasteiger partial charge is 0.0995 e. The van der Waals surface area contributed by atoms with Crippen molar-refractivity contribution in [3.63, 3.8) is 0 Å². The Morgan fingerprint density at radius 1 is 0.295 bits per heavy atom. The molecule has 4 heteroatoms. The molecule has 0 aliphatic rings. The highest BCUT2D eigenvalue weighted by Crippen LogP contribution is 2.44. The Labute approximate surface area is 352 Å². The van der Waals surface area contributed by atoms with E-state index < -0.39 is 0 Å². The van der Waals surface area contributed by atoms with Gasteiger partial charge < -0.3 is 4.57 Å². The van der Waals surface area contributed by atoms with Crippen LogP contribution in [0.25, 0.3) is 116 Å². The lowest BCUT2D eigenvalue weighted by Crippen LogP contribution is -2.00. The van der Waals surface area contributed by atoms with Gasteiger partial charge >= 0.3 is 0 Å². The Kier molecular flexibility index (Phi) is 8.13. The third-order valence-corrected chi connectivity index (χ3v) is 12.0. The molecule has 0 aliphatic carbocycles. The number of hydrogen-bond acceptors (Lipinski definition) is 3. The fourth-order valence-electron chi connectivity index (χ4n) is 9.16. The van der Waals surface area contributed by atoms with Crippen molar-refractivity contribution in [2.75, 3.05) is 0 Å². The number of benzene rings is 9. The fraction of sp³-hybridized carbons (Fsp3) is 0. The molecule has 0 spiro atoms. The molecule has 0 saturated carbocycles. The minimum atomic E-state index is 0.819. The quantitative estimate of drug-likeness (QED) is 0.158. The van der Waals surface area contributed by atoms with E-state index in [-0.39, 0.29) is 0 Å². The van der Waals surface area contributed by atoms with Crippen LogP contribution in [0, 0.1) is 0 Å². The van der Waals surface area contributed by atoms with Crippen LogP contribution in [0.15, 0.2) is 218 Å². The normalized spacial score (nSPS) is 11.6. The Morgan fingerprint density at radius 3 is 1.46 bits per heavy atom. The molecule has 0 aliphatic heterocycles. The first kappa shape index (κ1) is 34.8. The van der Waals surface area contributed by atoms with Crippen molar-refractivity contribution < 1.29 is 0 Å². The summed E-state index contributed by atoms with van der Waals surface area (Å²) in [6.07, 6.45) is 0. The van der Waals surface area contributed by atoms with E-state index in [0.717, 1.165) is 94.4 Å². The Bertz CT molecular complexity index is 3560. The molecule has 9 aromatic carbocycles. The second-order valence-electron chi connectivity index (χ2n) is 15.5. The van der Waals surface area contributed by atoms with Crippen LogP contribution in [0.3, 0.4) is 0 Å². The highest BCUT2D eigenvalue weighted by atomic mass is 15.0. The van der Waals surface area contributed by atoms with E-state index >= 15 is 0 Å². The highest BCUT2D eigenvalue weighted by Gasteiger charge is 2.22. The van der Waals surface area contributed by atoms with E-state index in [1.165, 1.54) is 21.8 Å². The van der Waals surface area contributed by atoms with E-state index in [1.807, 2.05) is 12.1 Å². The van der Waals surface area contributed by atoms with Crippen LogP contribution >= 0.6 is 0 Å². The topological polar surface area (TPSA) is 43.6 Å². The Balaban J connectivity index is 1.10. The van der Waals surface area contributed by atoms with Gasteiger partial charge in [-0.15, -0.1) is 0 Å². The average molecular weight is 777 g/mol. The summed E-state index contributed by atoms with van der Waals surface area (Å²) in [5.74, 6) is 0. The summed E-state index contributed by atoms with van der Waals surface area (Å²) in [5, 5.41) is 5.68. The number of nitrogens with zero attached hydrogens (tertiary/aromatic N) is 4. The van der Waals surface area contributed by atoms with Gasteiger partial charge in [0.1, 0.15) is 0 Å². The lowest BCUT2D eigenvalue weighted by molar-refractivity contribution is 1.18. The predicted molar refractivity (Wildman–Crippen MR) is 254 cm³/mol. The Morgan fingerprint density at radius 2 is 0.803 bits per heavy atom. The second kappa shape index (κ2) is 14.3. The molecule has 0 radical (unpaired) electrons. The zero-order chi connectivity index (χ0) is 40.3. The average Bonchev–Trinajstić information content (AvgIpc) is 3.68. The van der Waals surface area contributed by atoms with Gasteiger partial charge in [0.2, 0.25) is 0 Å². The number of rotatable bonds is 6. The number of fused-ring (bicyclic) bond motifs is 8. The maximum atomic E-state index is 5.63. The van der Waals surface area contributed by atoms with Gasteiger partial charge in [0.05, 0.1) is 44.7 Å². The molecule has 3 aromatic heterocycles. The monoisotopic (exact) mass is 776 g/mol. The molecule has 0 atom stereocenters. The first-order valence-corrected chi connectivity index (χ1v) is 20.7. The first-order valence-electron chi connectivity index (χ1n) is 20.7. The van der Waals surface area contributed by atoms with Gasteiger partial charge in [-0.1, -0.05) is 176 Å². The van der Waals surface area contributed by atoms with Crippen molar-refractivity contribution >= 4 is 54.5 Å². The van der Waals surface area contributed by atoms with E-state index in [4.69, 9.17) is 15.0 Å². The van der Waals surface area contributed by atoms with Crippen LogP contribution in [0.4, 0.5) is 0 Å². The summed E-state index contributed by atoms with van der Waals surface area (Å²) in [7, 11) is 0. The second-order valence-corrected chi connectivity index (χ2v) is 15.5. The third-order valence-electron chi connectivity index (χ3n) is 12.0. The molecule has 61 heavy (non-hydrogen) atoms. The standard InChI is InChI=1S/C57H36N4/c1-4-17-38(18-5-1)47-36-49-57(60-56(40-21-8-3-9-22-40)55(59-49)39-19-6-2-7-20-39)53-52(47)46-27-10-13-28-48(46)58-54(53)42-24-16-23-41(35-42)37-31-33-43(34-32-37)61-50-29-14-11-25-44(50)45-26-12-15-30-51(45)61/h1-36H. The molecule has 0 saturated heterocycles. The zero-order valence-electron chi connectivity index (χ0n) is 33.1. The molecule has 3 heterocycles. The molecule has 12 aromatic rings. The maximum Gasteiger partial charge on any atom is 0.0995 e. The van der Waals surface area contributed by atoms with Crippen molar-refractivity contribution in [1.82, 2.24) is 19.5 Å². The molecule has 0 unspecified atom stereocenters. The summed E-state index contributed by atoms with van der Waals surface area (Å²) in [6, 6.07) is 77.1. The van der Waals surface area contributed by atoms with Gasteiger partial charge in [-0.05, 0) is 64.7 Å². The summed E-state index contributed by atoms with van der Waals surface area (Å²) in [6.45, 7) is 0. The van der Waals surface area contributed by atoms with E-state index in [0.29, 0.717) is 0 Å². The zero-order valence-corrected chi connectivity index (χ0v) is 33.1. The van der Waals surface area contributed by atoms with Crippen molar-refractivity contribution in [3.05, 3.63) is 218 Å². The van der Waals surface area contributed by atoms with Crippen LogP contribution in [-0.4, -0.2) is 19.5 Å². The molecule has 284 valence electrons. The van der Waals surface area contributed by atoms with Crippen molar-refractivity contribution in [2.45, 2.75) is 0 Å². The van der Waals surface area contributed by atoms with Crippen LogP contribution < -0.4 is 0 Å². The van der Waals surface area contributed by atoms with Gasteiger partial charge in [-0.3, -0.25) is 0 Å². The molecule has 0 fully saturated rings. The van der Waals surface area contributed by atoms with Crippen molar-refractivity contribution in [3.8, 4) is 61.7 Å². The molecular formula is C57H36N4. The van der Waals surface area contributed by atoms with Gasteiger partial charge in [0.15, 0.2) is 0 Å². The van der Waals surface area contributed by atoms with Crippen LogP contribution in [-0.2, 0) is 0 Å². The largest absolute Gasteiger partial charge is 0.309 e. The predicted octanol–water partition coefficient (Wildman–Crippen LogP) is 14.8. The number of para-hydroxylation sites is 3. The molecule has 0 bridgehead atoms. The minimum Gasteiger partial charge on any atom is -0.309 e. The first-order chi connectivity index (χ1) is 30.3. The van der Waals surface area contributed by atoms with Crippen LogP contribution in [0.5, 0.6) is 0 Å².